The normalized spacial score (nSPS) is 21.4. The van der Waals surface area contributed by atoms with Gasteiger partial charge in [0, 0.05) is 5.41 Å². The van der Waals surface area contributed by atoms with Crippen LogP contribution >= 0.6 is 0 Å². The molecule has 1 unspecified atom stereocenters. The maximum absolute atomic E-state index is 12.9. The first-order chi connectivity index (χ1) is 8.93. The van der Waals surface area contributed by atoms with Gasteiger partial charge in [0.05, 0.1) is 5.92 Å². The molecule has 116 valence electrons. The molecule has 1 aliphatic rings. The van der Waals surface area contributed by atoms with E-state index in [0.717, 1.165) is 33.1 Å². The van der Waals surface area contributed by atoms with Crippen LogP contribution in [-0.2, 0) is 9.59 Å². The maximum Gasteiger partial charge on any atom is 0.400 e. The molecule has 0 aromatic heterocycles. The lowest BCUT2D eigenvalue weighted by atomic mass is 9.67. The van der Waals surface area contributed by atoms with Crippen LogP contribution in [-0.4, -0.2) is 17.7 Å². The summed E-state index contributed by atoms with van der Waals surface area (Å²) in [6.45, 7) is 4.79. The van der Waals surface area contributed by atoms with Gasteiger partial charge in [-0.3, -0.25) is 9.59 Å². The summed E-state index contributed by atoms with van der Waals surface area (Å²) in [5.41, 5.74) is -3.12. The minimum Gasteiger partial charge on any atom is -0.298 e. The monoisotopic (exact) mass is 292 g/mol. The predicted molar refractivity (Wildman–Crippen MR) is 70.2 cm³/mol. The average Bonchev–Trinajstić information content (AvgIpc) is 2.35. The zero-order valence-corrected chi connectivity index (χ0v) is 12.6. The number of rotatable bonds is 4. The number of hydrogen-bond acceptors (Lipinski definition) is 2. The van der Waals surface area contributed by atoms with Crippen molar-refractivity contribution in [3.63, 3.8) is 0 Å². The molecule has 20 heavy (non-hydrogen) atoms. The molecule has 0 aromatic rings. The van der Waals surface area contributed by atoms with E-state index in [1.807, 2.05) is 0 Å². The Morgan fingerprint density at radius 3 is 1.90 bits per heavy atom. The molecule has 0 saturated heterocycles. The number of halogens is 3. The molecule has 0 spiro atoms. The fourth-order valence-electron chi connectivity index (χ4n) is 2.90. The van der Waals surface area contributed by atoms with E-state index in [4.69, 9.17) is 0 Å². The standard InChI is InChI=1S/C15H23F3O2/c1-10(11(19)13(2,3)15(16,17)18)12(20)14(4)8-6-5-7-9-14/h10H,5-9H2,1-4H3. The zero-order chi connectivity index (χ0) is 15.8. The van der Waals surface area contributed by atoms with Crippen LogP contribution in [0.3, 0.4) is 0 Å². The lowest BCUT2D eigenvalue weighted by Gasteiger charge is -2.36. The highest BCUT2D eigenvalue weighted by molar-refractivity contribution is 6.06. The first-order valence-electron chi connectivity index (χ1n) is 7.09. The molecular weight excluding hydrogens is 269 g/mol. The molecule has 1 saturated carbocycles. The summed E-state index contributed by atoms with van der Waals surface area (Å²) in [6.07, 6.45) is -0.477. The van der Waals surface area contributed by atoms with Crippen LogP contribution in [0.25, 0.3) is 0 Å². The van der Waals surface area contributed by atoms with Crippen molar-refractivity contribution in [2.24, 2.45) is 16.7 Å². The van der Waals surface area contributed by atoms with Gasteiger partial charge in [0.15, 0.2) is 5.78 Å². The van der Waals surface area contributed by atoms with Crippen molar-refractivity contribution in [2.75, 3.05) is 0 Å². The summed E-state index contributed by atoms with van der Waals surface area (Å²) >= 11 is 0. The smallest absolute Gasteiger partial charge is 0.298 e. The van der Waals surface area contributed by atoms with Crippen LogP contribution in [0.2, 0.25) is 0 Å². The van der Waals surface area contributed by atoms with Gasteiger partial charge in [-0.05, 0) is 33.6 Å². The van der Waals surface area contributed by atoms with Gasteiger partial charge >= 0.3 is 6.18 Å². The Labute approximate surface area is 118 Å². The van der Waals surface area contributed by atoms with E-state index in [1.54, 1.807) is 6.92 Å². The second-order valence-corrected chi connectivity index (χ2v) is 6.69. The minimum atomic E-state index is -4.63. The summed E-state index contributed by atoms with van der Waals surface area (Å²) in [6, 6.07) is 0. The van der Waals surface area contributed by atoms with Crippen molar-refractivity contribution >= 4 is 11.6 Å². The first kappa shape index (κ1) is 17.2. The van der Waals surface area contributed by atoms with Crippen LogP contribution in [0.15, 0.2) is 0 Å². The highest BCUT2D eigenvalue weighted by Crippen LogP contribution is 2.43. The van der Waals surface area contributed by atoms with E-state index in [9.17, 15) is 22.8 Å². The van der Waals surface area contributed by atoms with Crippen molar-refractivity contribution in [1.82, 2.24) is 0 Å². The van der Waals surface area contributed by atoms with Crippen molar-refractivity contribution in [3.05, 3.63) is 0 Å². The molecule has 0 aromatic carbocycles. The van der Waals surface area contributed by atoms with Gasteiger partial charge in [0.25, 0.3) is 0 Å². The molecule has 1 rings (SSSR count). The van der Waals surface area contributed by atoms with Gasteiger partial charge in [-0.2, -0.15) is 13.2 Å². The van der Waals surface area contributed by atoms with Crippen LogP contribution < -0.4 is 0 Å². The summed E-state index contributed by atoms with van der Waals surface area (Å²) in [4.78, 5) is 24.5. The van der Waals surface area contributed by atoms with E-state index in [2.05, 4.69) is 0 Å². The summed E-state index contributed by atoms with van der Waals surface area (Å²) < 4.78 is 38.7. The highest BCUT2D eigenvalue weighted by atomic mass is 19.4. The molecule has 1 fully saturated rings. The Kier molecular flexibility index (Phi) is 4.72. The molecule has 0 heterocycles. The van der Waals surface area contributed by atoms with E-state index in [-0.39, 0.29) is 5.78 Å². The average molecular weight is 292 g/mol. The van der Waals surface area contributed by atoms with Crippen molar-refractivity contribution in [1.29, 1.82) is 0 Å². The van der Waals surface area contributed by atoms with Crippen LogP contribution in [0.5, 0.6) is 0 Å². The fraction of sp³-hybridized carbons (Fsp3) is 0.867. The Hall–Kier alpha value is -0.870. The molecule has 0 N–H and O–H groups in total. The van der Waals surface area contributed by atoms with Crippen molar-refractivity contribution < 1.29 is 22.8 Å². The van der Waals surface area contributed by atoms with Gasteiger partial charge in [0.2, 0.25) is 0 Å². The molecule has 0 radical (unpaired) electrons. The lowest BCUT2D eigenvalue weighted by Crippen LogP contribution is -2.47. The molecular formula is C15H23F3O2. The fourth-order valence-corrected chi connectivity index (χ4v) is 2.90. The van der Waals surface area contributed by atoms with Gasteiger partial charge in [-0.15, -0.1) is 0 Å². The lowest BCUT2D eigenvalue weighted by molar-refractivity contribution is -0.212. The van der Waals surface area contributed by atoms with E-state index in [0.29, 0.717) is 12.8 Å². The largest absolute Gasteiger partial charge is 0.400 e. The number of hydrogen-bond donors (Lipinski definition) is 0. The third kappa shape index (κ3) is 3.07. The second-order valence-electron chi connectivity index (χ2n) is 6.69. The van der Waals surface area contributed by atoms with E-state index in [1.165, 1.54) is 6.92 Å². The quantitative estimate of drug-likeness (QED) is 0.723. The number of carbonyl (C=O) groups excluding carboxylic acids is 2. The zero-order valence-electron chi connectivity index (χ0n) is 12.6. The number of carbonyl (C=O) groups is 2. The Morgan fingerprint density at radius 1 is 1.05 bits per heavy atom. The third-order valence-electron chi connectivity index (χ3n) is 4.66. The molecule has 5 heteroatoms. The topological polar surface area (TPSA) is 34.1 Å². The van der Waals surface area contributed by atoms with Crippen molar-refractivity contribution in [3.8, 4) is 0 Å². The summed E-state index contributed by atoms with van der Waals surface area (Å²) in [5.74, 6) is -2.56. The van der Waals surface area contributed by atoms with Gasteiger partial charge in [-0.25, -0.2) is 0 Å². The summed E-state index contributed by atoms with van der Waals surface area (Å²) in [5, 5.41) is 0. The van der Waals surface area contributed by atoms with Gasteiger partial charge in [0.1, 0.15) is 11.2 Å². The van der Waals surface area contributed by atoms with E-state index < -0.39 is 28.7 Å². The molecule has 1 aliphatic carbocycles. The highest BCUT2D eigenvalue weighted by Gasteiger charge is 2.55. The minimum absolute atomic E-state index is 0.334. The SMILES string of the molecule is CC(C(=O)C1(C)CCCCC1)C(=O)C(C)(C)C(F)(F)F. The number of Topliss-reactive ketones (excluding diaryl/α,β-unsaturated/α-hetero) is 2. The van der Waals surface area contributed by atoms with Gasteiger partial charge in [-0.1, -0.05) is 26.2 Å². The second kappa shape index (κ2) is 5.49. The van der Waals surface area contributed by atoms with Crippen LogP contribution in [0.4, 0.5) is 13.2 Å². The Morgan fingerprint density at radius 2 is 1.50 bits per heavy atom. The first-order valence-corrected chi connectivity index (χ1v) is 7.09. The van der Waals surface area contributed by atoms with Crippen LogP contribution in [0, 0.1) is 16.7 Å². The van der Waals surface area contributed by atoms with Gasteiger partial charge < -0.3 is 0 Å². The Balaban J connectivity index is 2.92. The maximum atomic E-state index is 12.9. The molecule has 0 amide bonds. The van der Waals surface area contributed by atoms with Crippen LogP contribution in [0.1, 0.15) is 59.8 Å². The number of ketones is 2. The molecule has 0 bridgehead atoms. The Bertz CT molecular complexity index is 390. The third-order valence-corrected chi connectivity index (χ3v) is 4.66. The molecule has 1 atom stereocenters. The predicted octanol–water partition coefficient (Wildman–Crippen LogP) is 4.32. The summed E-state index contributed by atoms with van der Waals surface area (Å²) in [7, 11) is 0. The number of alkyl halides is 3. The van der Waals surface area contributed by atoms with E-state index >= 15 is 0 Å². The molecule has 0 aliphatic heterocycles. The van der Waals surface area contributed by atoms with Crippen molar-refractivity contribution in [2.45, 2.75) is 66.0 Å². The molecule has 2 nitrogen and oxygen atoms in total.